The van der Waals surface area contributed by atoms with E-state index in [1.165, 1.54) is 4.90 Å². The van der Waals surface area contributed by atoms with Gasteiger partial charge in [-0.1, -0.05) is 0 Å². The number of halogens is 2. The zero-order chi connectivity index (χ0) is 9.14. The lowest BCUT2D eigenvalue weighted by atomic mass is 10.3. The van der Waals surface area contributed by atoms with E-state index in [1.807, 2.05) is 7.05 Å². The van der Waals surface area contributed by atoms with Gasteiger partial charge in [-0.05, 0) is 14.0 Å². The minimum absolute atomic E-state index is 0.573. The molecular formula is C8H14F2N2. The molecule has 0 aromatic heterocycles. The van der Waals surface area contributed by atoms with E-state index in [0.717, 1.165) is 20.0 Å². The predicted octanol–water partition coefficient (Wildman–Crippen LogP) is 1.36. The maximum Gasteiger partial charge on any atom is 0.221 e. The quantitative estimate of drug-likeness (QED) is 0.557. The van der Waals surface area contributed by atoms with Crippen molar-refractivity contribution in [2.75, 3.05) is 33.2 Å². The van der Waals surface area contributed by atoms with E-state index >= 15 is 0 Å². The molecule has 2 nitrogen and oxygen atoms in total. The van der Waals surface area contributed by atoms with Crippen LogP contribution in [0.2, 0.25) is 0 Å². The standard InChI is InChI=1S/C8H14F2N2/c1-7(9)8(10)12-5-3-11(2)4-6-12/h3-6H2,1-2H3/b8-7+. The third kappa shape index (κ3) is 2.17. The van der Waals surface area contributed by atoms with Gasteiger partial charge in [0.05, 0.1) is 0 Å². The number of nitrogens with zero attached hydrogens (tertiary/aromatic N) is 2. The monoisotopic (exact) mass is 176 g/mol. The first-order valence-corrected chi connectivity index (χ1v) is 4.06. The second-order valence-electron chi connectivity index (χ2n) is 3.11. The van der Waals surface area contributed by atoms with E-state index in [-0.39, 0.29) is 0 Å². The first-order valence-electron chi connectivity index (χ1n) is 4.06. The Hall–Kier alpha value is -0.640. The molecule has 0 aliphatic carbocycles. The van der Waals surface area contributed by atoms with Gasteiger partial charge >= 0.3 is 0 Å². The fourth-order valence-electron chi connectivity index (χ4n) is 1.22. The molecular weight excluding hydrogens is 162 g/mol. The van der Waals surface area contributed by atoms with Crippen LogP contribution in [0.1, 0.15) is 6.92 Å². The van der Waals surface area contributed by atoms with Crippen LogP contribution >= 0.6 is 0 Å². The van der Waals surface area contributed by atoms with Crippen LogP contribution in [0.5, 0.6) is 0 Å². The first kappa shape index (κ1) is 9.45. The second-order valence-corrected chi connectivity index (χ2v) is 3.11. The molecule has 0 aromatic rings. The van der Waals surface area contributed by atoms with E-state index in [1.54, 1.807) is 0 Å². The molecule has 0 radical (unpaired) electrons. The van der Waals surface area contributed by atoms with Crippen molar-refractivity contribution in [1.29, 1.82) is 0 Å². The van der Waals surface area contributed by atoms with Crippen molar-refractivity contribution in [3.63, 3.8) is 0 Å². The van der Waals surface area contributed by atoms with Crippen LogP contribution in [0.4, 0.5) is 8.78 Å². The summed E-state index contributed by atoms with van der Waals surface area (Å²) in [6, 6.07) is 0. The summed E-state index contributed by atoms with van der Waals surface area (Å²) in [4.78, 5) is 3.53. The molecule has 1 saturated heterocycles. The maximum absolute atomic E-state index is 13.0. The molecule has 0 unspecified atom stereocenters. The summed E-state index contributed by atoms with van der Waals surface area (Å²) in [6.45, 7) is 3.88. The van der Waals surface area contributed by atoms with Crippen LogP contribution in [-0.4, -0.2) is 43.0 Å². The number of piperazine rings is 1. The van der Waals surface area contributed by atoms with E-state index in [2.05, 4.69) is 4.90 Å². The van der Waals surface area contributed by atoms with Crippen LogP contribution in [-0.2, 0) is 0 Å². The third-order valence-electron chi connectivity index (χ3n) is 2.07. The Balaban J connectivity index is 2.50. The van der Waals surface area contributed by atoms with Gasteiger partial charge in [0.15, 0.2) is 0 Å². The molecule has 0 atom stereocenters. The highest BCUT2D eigenvalue weighted by atomic mass is 19.2. The molecule has 12 heavy (non-hydrogen) atoms. The van der Waals surface area contributed by atoms with Crippen LogP contribution in [0.15, 0.2) is 11.8 Å². The van der Waals surface area contributed by atoms with Crippen LogP contribution in [0, 0.1) is 0 Å². The van der Waals surface area contributed by atoms with Gasteiger partial charge in [0.1, 0.15) is 5.83 Å². The van der Waals surface area contributed by atoms with Crippen molar-refractivity contribution < 1.29 is 8.78 Å². The fourth-order valence-corrected chi connectivity index (χ4v) is 1.22. The van der Waals surface area contributed by atoms with Gasteiger partial charge in [0.25, 0.3) is 0 Å². The maximum atomic E-state index is 13.0. The molecule has 1 heterocycles. The van der Waals surface area contributed by atoms with Crippen LogP contribution < -0.4 is 0 Å². The zero-order valence-electron chi connectivity index (χ0n) is 7.48. The van der Waals surface area contributed by atoms with E-state index < -0.39 is 11.8 Å². The van der Waals surface area contributed by atoms with Gasteiger partial charge in [-0.2, -0.15) is 4.39 Å². The highest BCUT2D eigenvalue weighted by molar-refractivity contribution is 4.97. The molecule has 0 spiro atoms. The first-order chi connectivity index (χ1) is 5.61. The Labute approximate surface area is 71.4 Å². The Morgan fingerprint density at radius 1 is 1.08 bits per heavy atom. The Bertz CT molecular complexity index is 179. The van der Waals surface area contributed by atoms with Crippen molar-refractivity contribution in [2.24, 2.45) is 0 Å². The van der Waals surface area contributed by atoms with Crippen LogP contribution in [0.3, 0.4) is 0 Å². The lowest BCUT2D eigenvalue weighted by molar-refractivity contribution is 0.152. The van der Waals surface area contributed by atoms with Crippen molar-refractivity contribution in [3.8, 4) is 0 Å². The third-order valence-corrected chi connectivity index (χ3v) is 2.07. The average Bonchev–Trinajstić information content (AvgIpc) is 2.04. The summed E-state index contributed by atoms with van der Waals surface area (Å²) >= 11 is 0. The average molecular weight is 176 g/mol. The summed E-state index contributed by atoms with van der Waals surface area (Å²) in [5.41, 5.74) is 0. The SMILES string of the molecule is C/C(F)=C(/F)N1CCN(C)CC1. The molecule has 1 rings (SSSR count). The largest absolute Gasteiger partial charge is 0.344 e. The molecule has 0 N–H and O–H groups in total. The highest BCUT2D eigenvalue weighted by Crippen LogP contribution is 2.14. The van der Waals surface area contributed by atoms with Gasteiger partial charge in [0, 0.05) is 26.2 Å². The summed E-state index contributed by atoms with van der Waals surface area (Å²) < 4.78 is 25.4. The minimum atomic E-state index is -0.723. The van der Waals surface area contributed by atoms with E-state index in [0.29, 0.717) is 13.1 Å². The van der Waals surface area contributed by atoms with Gasteiger partial charge in [0.2, 0.25) is 5.95 Å². The summed E-state index contributed by atoms with van der Waals surface area (Å²) in [6.07, 6.45) is 0. The number of hydrogen-bond donors (Lipinski definition) is 0. The van der Waals surface area contributed by atoms with Gasteiger partial charge in [-0.15, -0.1) is 0 Å². The summed E-state index contributed by atoms with van der Waals surface area (Å²) in [5, 5.41) is 0. The van der Waals surface area contributed by atoms with Crippen molar-refractivity contribution in [2.45, 2.75) is 6.92 Å². The highest BCUT2D eigenvalue weighted by Gasteiger charge is 2.17. The second kappa shape index (κ2) is 3.85. The molecule has 0 saturated carbocycles. The van der Waals surface area contributed by atoms with Gasteiger partial charge < -0.3 is 9.80 Å². The normalized spacial score (nSPS) is 22.5. The smallest absolute Gasteiger partial charge is 0.221 e. The van der Waals surface area contributed by atoms with E-state index in [4.69, 9.17) is 0 Å². The number of rotatable bonds is 1. The van der Waals surface area contributed by atoms with Crippen LogP contribution in [0.25, 0.3) is 0 Å². The molecule has 4 heteroatoms. The lowest BCUT2D eigenvalue weighted by Gasteiger charge is -2.32. The predicted molar refractivity (Wildman–Crippen MR) is 44.0 cm³/mol. The summed E-state index contributed by atoms with van der Waals surface area (Å²) in [7, 11) is 1.97. The molecule has 0 bridgehead atoms. The molecule has 1 fully saturated rings. The van der Waals surface area contributed by atoms with Gasteiger partial charge in [-0.25, -0.2) is 4.39 Å². The number of likely N-dealkylation sites (N-methyl/N-ethyl adjacent to an activating group) is 1. The van der Waals surface area contributed by atoms with Gasteiger partial charge in [-0.3, -0.25) is 0 Å². The van der Waals surface area contributed by atoms with Crippen molar-refractivity contribution >= 4 is 0 Å². The number of allylic oxidation sites excluding steroid dienone is 1. The number of hydrogen-bond acceptors (Lipinski definition) is 2. The van der Waals surface area contributed by atoms with Crippen molar-refractivity contribution in [3.05, 3.63) is 11.8 Å². The van der Waals surface area contributed by atoms with E-state index in [9.17, 15) is 8.78 Å². The molecule has 1 aliphatic rings. The lowest BCUT2D eigenvalue weighted by Crippen LogP contribution is -2.43. The van der Waals surface area contributed by atoms with Crippen molar-refractivity contribution in [1.82, 2.24) is 9.80 Å². The molecule has 70 valence electrons. The topological polar surface area (TPSA) is 6.48 Å². The Kier molecular flexibility index (Phi) is 3.03. The molecule has 0 amide bonds. The minimum Gasteiger partial charge on any atom is -0.344 e. The Morgan fingerprint density at radius 3 is 2.00 bits per heavy atom. The summed E-state index contributed by atoms with van der Waals surface area (Å²) in [5.74, 6) is -1.43. The molecule has 0 aromatic carbocycles. The Morgan fingerprint density at radius 2 is 1.58 bits per heavy atom. The zero-order valence-corrected chi connectivity index (χ0v) is 7.48. The fraction of sp³-hybridized carbons (Fsp3) is 0.750. The molecule has 1 aliphatic heterocycles.